The Hall–Kier alpha value is -4.24. The molecule has 4 aromatic heterocycles. The molecule has 1 fully saturated rings. The molecule has 164 valence electrons. The van der Waals surface area contributed by atoms with Gasteiger partial charge in [0.1, 0.15) is 17.3 Å². The molecular weight excluding hydrogens is 416 g/mol. The van der Waals surface area contributed by atoms with E-state index in [-0.39, 0.29) is 0 Å². The maximum Gasteiger partial charge on any atom is 0.160 e. The summed E-state index contributed by atoms with van der Waals surface area (Å²) in [5, 5.41) is 9.58. The molecule has 9 heteroatoms. The van der Waals surface area contributed by atoms with E-state index in [0.29, 0.717) is 36.1 Å². The van der Waals surface area contributed by atoms with E-state index in [4.69, 9.17) is 25.7 Å². The van der Waals surface area contributed by atoms with Crippen LogP contribution in [0.1, 0.15) is 0 Å². The van der Waals surface area contributed by atoms with Gasteiger partial charge in [0.25, 0.3) is 0 Å². The van der Waals surface area contributed by atoms with E-state index in [9.17, 15) is 0 Å². The highest BCUT2D eigenvalue weighted by molar-refractivity contribution is 5.65. The largest absolute Gasteiger partial charge is 0.384 e. The van der Waals surface area contributed by atoms with Crippen LogP contribution in [0.5, 0.6) is 0 Å². The third-order valence-electron chi connectivity index (χ3n) is 5.66. The van der Waals surface area contributed by atoms with Crippen molar-refractivity contribution in [2.24, 2.45) is 0 Å². The molecule has 1 aliphatic heterocycles. The van der Waals surface area contributed by atoms with Crippen molar-refractivity contribution in [1.29, 1.82) is 0 Å². The number of hydrogen-bond acceptors (Lipinski definition) is 7. The number of nitrogens with two attached hydrogens (primary N) is 1. The van der Waals surface area contributed by atoms with Crippen LogP contribution in [0.2, 0.25) is 0 Å². The second-order valence-electron chi connectivity index (χ2n) is 7.83. The summed E-state index contributed by atoms with van der Waals surface area (Å²) >= 11 is 0. The average Bonchev–Trinajstić information content (AvgIpc) is 3.52. The van der Waals surface area contributed by atoms with Gasteiger partial charge in [-0.15, -0.1) is 0 Å². The molecule has 9 nitrogen and oxygen atoms in total. The summed E-state index contributed by atoms with van der Waals surface area (Å²) < 4.78 is 9.22. The second kappa shape index (κ2) is 8.03. The Bertz CT molecular complexity index is 1420. The molecule has 0 unspecified atom stereocenters. The molecule has 0 saturated carbocycles. The Labute approximate surface area is 190 Å². The van der Waals surface area contributed by atoms with E-state index >= 15 is 0 Å². The lowest BCUT2D eigenvalue weighted by Gasteiger charge is -2.29. The summed E-state index contributed by atoms with van der Waals surface area (Å²) in [6, 6.07) is 21.6. The van der Waals surface area contributed by atoms with E-state index in [2.05, 4.69) is 9.88 Å². The third-order valence-corrected chi connectivity index (χ3v) is 5.66. The first-order valence-electron chi connectivity index (χ1n) is 10.8. The lowest BCUT2D eigenvalue weighted by Crippen LogP contribution is -2.37. The standard InChI is InChI=1S/C24H22N8O/c25-21-8-4-7-19(26-21)20-15-23-27-22(16-24(32(23)29-20)30-11-13-33-14-12-30)31-10-9-18(28-31)17-5-2-1-3-6-17/h1-10,15-16H,11-14H2,(H2,25,26). The van der Waals surface area contributed by atoms with Crippen LogP contribution < -0.4 is 10.6 Å². The molecule has 1 aliphatic rings. The Balaban J connectivity index is 1.48. The fourth-order valence-electron chi connectivity index (χ4n) is 4.01. The predicted molar refractivity (Wildman–Crippen MR) is 126 cm³/mol. The first-order chi connectivity index (χ1) is 16.2. The number of hydrogen-bond donors (Lipinski definition) is 1. The van der Waals surface area contributed by atoms with Gasteiger partial charge in [0, 0.05) is 37.0 Å². The molecule has 0 spiro atoms. The van der Waals surface area contributed by atoms with Crippen molar-refractivity contribution in [3.05, 3.63) is 72.9 Å². The molecular formula is C24H22N8O. The highest BCUT2D eigenvalue weighted by Gasteiger charge is 2.19. The molecule has 0 atom stereocenters. The van der Waals surface area contributed by atoms with Crippen LogP contribution in [0.15, 0.2) is 72.9 Å². The van der Waals surface area contributed by atoms with Crippen molar-refractivity contribution in [2.75, 3.05) is 36.9 Å². The average molecular weight is 438 g/mol. The summed E-state index contributed by atoms with van der Waals surface area (Å²) in [6.45, 7) is 2.89. The van der Waals surface area contributed by atoms with E-state index in [0.717, 1.165) is 36.0 Å². The number of rotatable bonds is 4. The van der Waals surface area contributed by atoms with Gasteiger partial charge in [-0.25, -0.2) is 14.6 Å². The van der Waals surface area contributed by atoms with Gasteiger partial charge in [-0.2, -0.15) is 14.7 Å². The number of anilines is 2. The van der Waals surface area contributed by atoms with Crippen LogP contribution in [0.25, 0.3) is 34.1 Å². The number of morpholine rings is 1. The van der Waals surface area contributed by atoms with E-state index in [1.165, 1.54) is 0 Å². The SMILES string of the molecule is Nc1cccc(-c2cc3nc(-n4ccc(-c5ccccc5)n4)cc(N4CCOCC4)n3n2)n1. The molecule has 0 radical (unpaired) electrons. The fraction of sp³-hybridized carbons (Fsp3) is 0.167. The van der Waals surface area contributed by atoms with Gasteiger partial charge in [-0.1, -0.05) is 36.4 Å². The van der Waals surface area contributed by atoms with Gasteiger partial charge in [-0.05, 0) is 18.2 Å². The smallest absolute Gasteiger partial charge is 0.160 e. The highest BCUT2D eigenvalue weighted by Crippen LogP contribution is 2.26. The zero-order valence-corrected chi connectivity index (χ0v) is 17.9. The first kappa shape index (κ1) is 19.4. The van der Waals surface area contributed by atoms with Gasteiger partial charge in [-0.3, -0.25) is 0 Å². The number of benzene rings is 1. The van der Waals surface area contributed by atoms with Crippen LogP contribution in [-0.2, 0) is 4.74 Å². The number of aromatic nitrogens is 6. The van der Waals surface area contributed by atoms with E-state index < -0.39 is 0 Å². The summed E-state index contributed by atoms with van der Waals surface area (Å²) in [5.41, 5.74) is 9.98. The summed E-state index contributed by atoms with van der Waals surface area (Å²) in [4.78, 5) is 11.5. The zero-order valence-electron chi connectivity index (χ0n) is 17.9. The van der Waals surface area contributed by atoms with Crippen LogP contribution in [0, 0.1) is 0 Å². The maximum atomic E-state index is 5.89. The number of ether oxygens (including phenoxy) is 1. The van der Waals surface area contributed by atoms with Crippen molar-refractivity contribution in [3.8, 4) is 28.5 Å². The third kappa shape index (κ3) is 3.68. The molecule has 1 saturated heterocycles. The first-order valence-corrected chi connectivity index (χ1v) is 10.8. The Kier molecular flexibility index (Phi) is 4.73. The zero-order chi connectivity index (χ0) is 22.2. The Morgan fingerprint density at radius 1 is 0.788 bits per heavy atom. The highest BCUT2D eigenvalue weighted by atomic mass is 16.5. The molecule has 5 aromatic rings. The van der Waals surface area contributed by atoms with E-state index in [1.54, 1.807) is 10.7 Å². The quantitative estimate of drug-likeness (QED) is 0.460. The summed E-state index contributed by atoms with van der Waals surface area (Å²) in [7, 11) is 0. The van der Waals surface area contributed by atoms with Crippen LogP contribution in [0.3, 0.4) is 0 Å². The monoisotopic (exact) mass is 438 g/mol. The van der Waals surface area contributed by atoms with Crippen LogP contribution >= 0.6 is 0 Å². The lowest BCUT2D eigenvalue weighted by atomic mass is 10.2. The minimum Gasteiger partial charge on any atom is -0.384 e. The predicted octanol–water partition coefficient (Wildman–Crippen LogP) is 3.06. The van der Waals surface area contributed by atoms with E-state index in [1.807, 2.05) is 71.4 Å². The Morgan fingerprint density at radius 3 is 2.45 bits per heavy atom. The molecule has 0 aliphatic carbocycles. The van der Waals surface area contributed by atoms with Crippen molar-refractivity contribution >= 4 is 17.3 Å². The van der Waals surface area contributed by atoms with Crippen molar-refractivity contribution in [2.45, 2.75) is 0 Å². The fourth-order valence-corrected chi connectivity index (χ4v) is 4.01. The maximum absolute atomic E-state index is 5.89. The topological polar surface area (TPSA) is 99.4 Å². The second-order valence-corrected chi connectivity index (χ2v) is 7.83. The van der Waals surface area contributed by atoms with Crippen LogP contribution in [-0.4, -0.2) is 55.7 Å². The molecule has 6 rings (SSSR count). The summed E-state index contributed by atoms with van der Waals surface area (Å²) in [6.07, 6.45) is 1.93. The number of pyridine rings is 1. The minimum absolute atomic E-state index is 0.455. The van der Waals surface area contributed by atoms with Crippen molar-refractivity contribution < 1.29 is 4.74 Å². The molecule has 0 bridgehead atoms. The van der Waals surface area contributed by atoms with Gasteiger partial charge < -0.3 is 15.4 Å². The summed E-state index contributed by atoms with van der Waals surface area (Å²) in [5.74, 6) is 2.11. The van der Waals surface area contributed by atoms with Crippen molar-refractivity contribution in [1.82, 2.24) is 29.4 Å². The molecule has 0 amide bonds. The molecule has 33 heavy (non-hydrogen) atoms. The van der Waals surface area contributed by atoms with Gasteiger partial charge in [0.2, 0.25) is 0 Å². The van der Waals surface area contributed by atoms with Crippen molar-refractivity contribution in [3.63, 3.8) is 0 Å². The number of fused-ring (bicyclic) bond motifs is 1. The normalized spacial score (nSPS) is 14.1. The molecule has 1 aromatic carbocycles. The number of nitrogen functional groups attached to an aromatic ring is 1. The molecule has 2 N–H and O–H groups in total. The molecule has 5 heterocycles. The number of nitrogens with zero attached hydrogens (tertiary/aromatic N) is 7. The van der Waals surface area contributed by atoms with Gasteiger partial charge in [0.15, 0.2) is 11.5 Å². The Morgan fingerprint density at radius 2 is 1.64 bits per heavy atom. The van der Waals surface area contributed by atoms with Gasteiger partial charge in [0.05, 0.1) is 24.6 Å². The lowest BCUT2D eigenvalue weighted by molar-refractivity contribution is 0.122. The minimum atomic E-state index is 0.455. The van der Waals surface area contributed by atoms with Crippen LogP contribution in [0.4, 0.5) is 11.6 Å². The van der Waals surface area contributed by atoms with Gasteiger partial charge >= 0.3 is 0 Å².